The van der Waals surface area contributed by atoms with Crippen LogP contribution in [0.3, 0.4) is 0 Å². The lowest BCUT2D eigenvalue weighted by Crippen LogP contribution is -2.34. The Morgan fingerprint density at radius 2 is 2.12 bits per heavy atom. The van der Waals surface area contributed by atoms with E-state index in [0.29, 0.717) is 0 Å². The molecule has 2 N–H and O–H groups in total. The SMILES string of the molecule is NCCC1CCN(Cc2ccccn2)CC1. The fourth-order valence-corrected chi connectivity index (χ4v) is 2.39. The molecule has 16 heavy (non-hydrogen) atoms. The van der Waals surface area contributed by atoms with E-state index < -0.39 is 0 Å². The molecule has 0 bridgehead atoms. The zero-order valence-electron chi connectivity index (χ0n) is 9.81. The van der Waals surface area contributed by atoms with Crippen LogP contribution < -0.4 is 5.73 Å². The maximum atomic E-state index is 5.59. The van der Waals surface area contributed by atoms with Gasteiger partial charge in [0.15, 0.2) is 0 Å². The molecule has 0 unspecified atom stereocenters. The summed E-state index contributed by atoms with van der Waals surface area (Å²) in [4.78, 5) is 6.86. The highest BCUT2D eigenvalue weighted by Crippen LogP contribution is 2.20. The van der Waals surface area contributed by atoms with Crippen LogP contribution >= 0.6 is 0 Å². The van der Waals surface area contributed by atoms with Crippen LogP contribution in [0.1, 0.15) is 25.0 Å². The van der Waals surface area contributed by atoms with Gasteiger partial charge in [0, 0.05) is 12.7 Å². The van der Waals surface area contributed by atoms with Crippen LogP contribution in [-0.2, 0) is 6.54 Å². The summed E-state index contributed by atoms with van der Waals surface area (Å²) in [7, 11) is 0. The van der Waals surface area contributed by atoms with Crippen LogP contribution in [0.5, 0.6) is 0 Å². The van der Waals surface area contributed by atoms with Gasteiger partial charge in [-0.1, -0.05) is 6.07 Å². The van der Waals surface area contributed by atoms with Gasteiger partial charge in [0.05, 0.1) is 5.69 Å². The van der Waals surface area contributed by atoms with Gasteiger partial charge >= 0.3 is 0 Å². The third-order valence-electron chi connectivity index (χ3n) is 3.39. The van der Waals surface area contributed by atoms with E-state index in [0.717, 1.165) is 19.0 Å². The van der Waals surface area contributed by atoms with Crippen LogP contribution in [0, 0.1) is 5.92 Å². The lowest BCUT2D eigenvalue weighted by Gasteiger charge is -2.31. The summed E-state index contributed by atoms with van der Waals surface area (Å²) in [6.07, 6.45) is 5.65. The lowest BCUT2D eigenvalue weighted by molar-refractivity contribution is 0.172. The number of piperidine rings is 1. The van der Waals surface area contributed by atoms with Gasteiger partial charge in [-0.3, -0.25) is 9.88 Å². The van der Waals surface area contributed by atoms with E-state index in [4.69, 9.17) is 5.73 Å². The van der Waals surface area contributed by atoms with Gasteiger partial charge in [0.2, 0.25) is 0 Å². The second kappa shape index (κ2) is 5.97. The van der Waals surface area contributed by atoms with Crippen molar-refractivity contribution in [2.75, 3.05) is 19.6 Å². The molecule has 2 rings (SSSR count). The molecular weight excluding hydrogens is 198 g/mol. The highest BCUT2D eigenvalue weighted by atomic mass is 15.1. The number of nitrogens with zero attached hydrogens (tertiary/aromatic N) is 2. The Morgan fingerprint density at radius 3 is 2.75 bits per heavy atom. The minimum atomic E-state index is 0.838. The molecule has 0 saturated carbocycles. The van der Waals surface area contributed by atoms with E-state index in [1.807, 2.05) is 12.3 Å². The van der Waals surface area contributed by atoms with E-state index in [2.05, 4.69) is 22.0 Å². The summed E-state index contributed by atoms with van der Waals surface area (Å²) in [5, 5.41) is 0. The molecule has 1 aliphatic heterocycles. The van der Waals surface area contributed by atoms with Gasteiger partial charge in [-0.05, 0) is 56.9 Å². The van der Waals surface area contributed by atoms with Crippen molar-refractivity contribution in [2.24, 2.45) is 11.7 Å². The second-order valence-electron chi connectivity index (χ2n) is 4.62. The van der Waals surface area contributed by atoms with E-state index in [9.17, 15) is 0 Å². The molecule has 3 nitrogen and oxygen atoms in total. The van der Waals surface area contributed by atoms with Gasteiger partial charge in [-0.25, -0.2) is 0 Å². The summed E-state index contributed by atoms with van der Waals surface area (Å²) in [6.45, 7) is 4.23. The maximum absolute atomic E-state index is 5.59. The van der Waals surface area contributed by atoms with Gasteiger partial charge in [0.25, 0.3) is 0 Å². The Balaban J connectivity index is 1.77. The summed E-state index contributed by atoms with van der Waals surface area (Å²) < 4.78 is 0. The first kappa shape index (κ1) is 11.6. The van der Waals surface area contributed by atoms with Crippen molar-refractivity contribution in [3.05, 3.63) is 30.1 Å². The molecule has 1 saturated heterocycles. The summed E-state index contributed by atoms with van der Waals surface area (Å²) >= 11 is 0. The molecule has 0 aromatic carbocycles. The monoisotopic (exact) mass is 219 g/mol. The Kier molecular flexibility index (Phi) is 4.31. The Hall–Kier alpha value is -0.930. The van der Waals surface area contributed by atoms with Gasteiger partial charge < -0.3 is 5.73 Å². The van der Waals surface area contributed by atoms with Crippen molar-refractivity contribution in [3.8, 4) is 0 Å². The predicted molar refractivity (Wildman–Crippen MR) is 65.9 cm³/mol. The second-order valence-corrected chi connectivity index (χ2v) is 4.62. The van der Waals surface area contributed by atoms with Crippen molar-refractivity contribution >= 4 is 0 Å². The van der Waals surface area contributed by atoms with Crippen LogP contribution in [0.4, 0.5) is 0 Å². The predicted octanol–water partition coefficient (Wildman–Crippen LogP) is 1.64. The van der Waals surface area contributed by atoms with Crippen molar-refractivity contribution < 1.29 is 0 Å². The standard InChI is InChI=1S/C13H21N3/c14-7-4-12-5-9-16(10-6-12)11-13-3-1-2-8-15-13/h1-3,8,12H,4-7,9-11,14H2. The summed E-state index contributed by atoms with van der Waals surface area (Å²) in [5.74, 6) is 0.852. The molecule has 2 heterocycles. The van der Waals surface area contributed by atoms with Gasteiger partial charge in [0.1, 0.15) is 0 Å². The fraction of sp³-hybridized carbons (Fsp3) is 0.615. The molecule has 1 aromatic heterocycles. The zero-order valence-corrected chi connectivity index (χ0v) is 9.81. The minimum absolute atomic E-state index is 0.838. The molecule has 3 heteroatoms. The van der Waals surface area contributed by atoms with Crippen molar-refractivity contribution in [1.29, 1.82) is 0 Å². The van der Waals surface area contributed by atoms with Crippen molar-refractivity contribution in [3.63, 3.8) is 0 Å². The Bertz CT molecular complexity index is 291. The van der Waals surface area contributed by atoms with E-state index in [1.165, 1.54) is 38.0 Å². The molecule has 1 aromatic rings. The average Bonchev–Trinajstić information content (AvgIpc) is 2.33. The van der Waals surface area contributed by atoms with Crippen LogP contribution in [0.2, 0.25) is 0 Å². The van der Waals surface area contributed by atoms with Crippen LogP contribution in [-0.4, -0.2) is 29.5 Å². The Labute approximate surface area is 97.7 Å². The largest absolute Gasteiger partial charge is 0.330 e. The summed E-state index contributed by atoms with van der Waals surface area (Å²) in [6, 6.07) is 6.13. The molecular formula is C13H21N3. The van der Waals surface area contributed by atoms with Crippen molar-refractivity contribution in [1.82, 2.24) is 9.88 Å². The molecule has 0 amide bonds. The smallest absolute Gasteiger partial charge is 0.0543 e. The molecule has 0 spiro atoms. The van der Waals surface area contributed by atoms with Crippen molar-refractivity contribution in [2.45, 2.75) is 25.8 Å². The first-order valence-corrected chi connectivity index (χ1v) is 6.21. The zero-order chi connectivity index (χ0) is 11.2. The average molecular weight is 219 g/mol. The number of nitrogens with two attached hydrogens (primary N) is 1. The lowest BCUT2D eigenvalue weighted by atomic mass is 9.93. The fourth-order valence-electron chi connectivity index (χ4n) is 2.39. The first-order valence-electron chi connectivity index (χ1n) is 6.21. The summed E-state index contributed by atoms with van der Waals surface area (Å²) in [5.41, 5.74) is 6.77. The molecule has 1 fully saturated rings. The van der Waals surface area contributed by atoms with E-state index >= 15 is 0 Å². The van der Waals surface area contributed by atoms with Crippen LogP contribution in [0.15, 0.2) is 24.4 Å². The van der Waals surface area contributed by atoms with Gasteiger partial charge in [-0.15, -0.1) is 0 Å². The minimum Gasteiger partial charge on any atom is -0.330 e. The third kappa shape index (κ3) is 3.29. The number of rotatable bonds is 4. The molecule has 0 radical (unpaired) electrons. The molecule has 0 aliphatic carbocycles. The number of hydrogen-bond donors (Lipinski definition) is 1. The number of likely N-dealkylation sites (tertiary alicyclic amines) is 1. The topological polar surface area (TPSA) is 42.1 Å². The maximum Gasteiger partial charge on any atom is 0.0543 e. The first-order chi connectivity index (χ1) is 7.88. The third-order valence-corrected chi connectivity index (χ3v) is 3.39. The molecule has 1 aliphatic rings. The van der Waals surface area contributed by atoms with E-state index in [1.54, 1.807) is 0 Å². The number of hydrogen-bond acceptors (Lipinski definition) is 3. The highest BCUT2D eigenvalue weighted by Gasteiger charge is 2.18. The molecule has 88 valence electrons. The normalized spacial score (nSPS) is 18.8. The van der Waals surface area contributed by atoms with Crippen LogP contribution in [0.25, 0.3) is 0 Å². The number of aromatic nitrogens is 1. The highest BCUT2D eigenvalue weighted by molar-refractivity contribution is 5.03. The molecule has 0 atom stereocenters. The Morgan fingerprint density at radius 1 is 1.31 bits per heavy atom. The van der Waals surface area contributed by atoms with Gasteiger partial charge in [-0.2, -0.15) is 0 Å². The van der Waals surface area contributed by atoms with E-state index in [-0.39, 0.29) is 0 Å². The quantitative estimate of drug-likeness (QED) is 0.837. The number of pyridine rings is 1.